The lowest BCUT2D eigenvalue weighted by molar-refractivity contribution is 0.625. The molecule has 1 aromatic rings. The maximum atomic E-state index is 13.7. The van der Waals surface area contributed by atoms with Crippen LogP contribution in [0.2, 0.25) is 0 Å². The number of hydrogen-bond acceptors (Lipinski definition) is 3. The van der Waals surface area contributed by atoms with Crippen molar-refractivity contribution in [2.24, 2.45) is 0 Å². The zero-order chi connectivity index (χ0) is 12.3. The van der Waals surface area contributed by atoms with E-state index >= 15 is 0 Å². The van der Waals surface area contributed by atoms with Crippen LogP contribution >= 0.6 is 11.8 Å². The van der Waals surface area contributed by atoms with Crippen molar-refractivity contribution in [3.8, 4) is 0 Å². The summed E-state index contributed by atoms with van der Waals surface area (Å²) in [4.78, 5) is 0. The number of nitrogen functional groups attached to an aromatic ring is 1. The molecule has 0 saturated heterocycles. The zero-order valence-corrected chi connectivity index (χ0v) is 10.9. The molecule has 0 spiro atoms. The molecule has 1 saturated carbocycles. The number of anilines is 2. The summed E-state index contributed by atoms with van der Waals surface area (Å²) in [6.45, 7) is 2.17. The molecule has 1 aliphatic carbocycles. The number of nitrogens with two attached hydrogens (primary N) is 1. The van der Waals surface area contributed by atoms with Crippen molar-refractivity contribution in [3.05, 3.63) is 24.0 Å². The van der Waals surface area contributed by atoms with Crippen LogP contribution in [0.15, 0.2) is 18.2 Å². The standard InChI is InChI=1S/C13H19FN2S/c1-2-17-13-5-3-4-12(13)16-11-7-6-9(15)8-10(11)14/h6-8,12-13,16H,2-5,15H2,1H3. The summed E-state index contributed by atoms with van der Waals surface area (Å²) < 4.78 is 13.7. The fourth-order valence-corrected chi connectivity index (χ4v) is 3.55. The zero-order valence-electron chi connectivity index (χ0n) is 10.1. The van der Waals surface area contributed by atoms with Crippen LogP contribution < -0.4 is 11.1 Å². The quantitative estimate of drug-likeness (QED) is 0.808. The summed E-state index contributed by atoms with van der Waals surface area (Å²) in [5, 5.41) is 3.93. The number of halogens is 1. The molecule has 2 unspecified atom stereocenters. The fraction of sp³-hybridized carbons (Fsp3) is 0.538. The summed E-state index contributed by atoms with van der Waals surface area (Å²) in [5.74, 6) is 0.865. The van der Waals surface area contributed by atoms with Gasteiger partial charge in [-0.1, -0.05) is 13.3 Å². The van der Waals surface area contributed by atoms with Crippen LogP contribution in [0.3, 0.4) is 0 Å². The smallest absolute Gasteiger partial charge is 0.148 e. The lowest BCUT2D eigenvalue weighted by atomic mass is 10.2. The first-order chi connectivity index (χ1) is 8.20. The van der Waals surface area contributed by atoms with E-state index in [0.717, 1.165) is 12.2 Å². The second-order valence-electron chi connectivity index (χ2n) is 4.41. The predicted octanol–water partition coefficient (Wildman–Crippen LogP) is 3.49. The van der Waals surface area contributed by atoms with Crippen LogP contribution in [-0.4, -0.2) is 17.0 Å². The lowest BCUT2D eigenvalue weighted by Gasteiger charge is -2.21. The summed E-state index contributed by atoms with van der Waals surface area (Å²) in [5.41, 5.74) is 6.59. The fourth-order valence-electron chi connectivity index (χ4n) is 2.35. The molecule has 94 valence electrons. The average Bonchev–Trinajstić information content (AvgIpc) is 2.71. The molecule has 2 atom stereocenters. The Morgan fingerprint density at radius 3 is 3.00 bits per heavy atom. The van der Waals surface area contributed by atoms with Gasteiger partial charge >= 0.3 is 0 Å². The van der Waals surface area contributed by atoms with E-state index in [1.807, 2.05) is 11.8 Å². The Hall–Kier alpha value is -0.900. The first-order valence-electron chi connectivity index (χ1n) is 6.14. The second kappa shape index (κ2) is 5.63. The molecule has 17 heavy (non-hydrogen) atoms. The Kier molecular flexibility index (Phi) is 4.15. The molecular formula is C13H19FN2S. The molecule has 0 amide bonds. The van der Waals surface area contributed by atoms with Crippen molar-refractivity contribution < 1.29 is 4.39 Å². The van der Waals surface area contributed by atoms with Gasteiger partial charge in [0.25, 0.3) is 0 Å². The number of benzene rings is 1. The van der Waals surface area contributed by atoms with Crippen LogP contribution in [0.5, 0.6) is 0 Å². The topological polar surface area (TPSA) is 38.0 Å². The summed E-state index contributed by atoms with van der Waals surface area (Å²) in [6.07, 6.45) is 3.58. The maximum Gasteiger partial charge on any atom is 0.148 e. The molecule has 0 aliphatic heterocycles. The van der Waals surface area contributed by atoms with Crippen molar-refractivity contribution >= 4 is 23.1 Å². The molecule has 0 bridgehead atoms. The van der Waals surface area contributed by atoms with E-state index in [0.29, 0.717) is 22.7 Å². The van der Waals surface area contributed by atoms with Gasteiger partial charge in [-0.2, -0.15) is 11.8 Å². The molecule has 1 aliphatic rings. The molecule has 0 heterocycles. The van der Waals surface area contributed by atoms with E-state index in [2.05, 4.69) is 12.2 Å². The minimum atomic E-state index is -0.253. The van der Waals surface area contributed by atoms with Crippen molar-refractivity contribution in [1.82, 2.24) is 0 Å². The van der Waals surface area contributed by atoms with Gasteiger partial charge in [0.1, 0.15) is 5.82 Å². The third-order valence-electron chi connectivity index (χ3n) is 3.17. The Bertz CT molecular complexity index is 384. The largest absolute Gasteiger partial charge is 0.399 e. The normalized spacial score (nSPS) is 23.9. The van der Waals surface area contributed by atoms with Gasteiger partial charge in [0.05, 0.1) is 5.69 Å². The monoisotopic (exact) mass is 254 g/mol. The van der Waals surface area contributed by atoms with E-state index < -0.39 is 0 Å². The minimum Gasteiger partial charge on any atom is -0.399 e. The third kappa shape index (κ3) is 3.06. The van der Waals surface area contributed by atoms with Crippen LogP contribution in [0.4, 0.5) is 15.8 Å². The molecule has 2 rings (SSSR count). The van der Waals surface area contributed by atoms with E-state index in [1.165, 1.54) is 18.9 Å². The number of rotatable bonds is 4. The van der Waals surface area contributed by atoms with Crippen molar-refractivity contribution in [1.29, 1.82) is 0 Å². The second-order valence-corrected chi connectivity index (χ2v) is 5.93. The van der Waals surface area contributed by atoms with Gasteiger partial charge in [-0.05, 0) is 36.8 Å². The number of thioether (sulfide) groups is 1. The van der Waals surface area contributed by atoms with Crippen molar-refractivity contribution in [2.45, 2.75) is 37.5 Å². The predicted molar refractivity (Wildman–Crippen MR) is 74.0 cm³/mol. The minimum absolute atomic E-state index is 0.253. The average molecular weight is 254 g/mol. The van der Waals surface area contributed by atoms with Gasteiger partial charge in [0.15, 0.2) is 0 Å². The van der Waals surface area contributed by atoms with Crippen molar-refractivity contribution in [2.75, 3.05) is 16.8 Å². The summed E-state index contributed by atoms with van der Waals surface area (Å²) in [6, 6.07) is 5.23. The molecular weight excluding hydrogens is 235 g/mol. The van der Waals surface area contributed by atoms with Crippen LogP contribution in [0.1, 0.15) is 26.2 Å². The highest BCUT2D eigenvalue weighted by Gasteiger charge is 2.27. The van der Waals surface area contributed by atoms with E-state index in [4.69, 9.17) is 5.73 Å². The van der Waals surface area contributed by atoms with Gasteiger partial charge in [0.2, 0.25) is 0 Å². The maximum absolute atomic E-state index is 13.7. The summed E-state index contributed by atoms with van der Waals surface area (Å²) in [7, 11) is 0. The molecule has 0 radical (unpaired) electrons. The SMILES string of the molecule is CCSC1CCCC1Nc1ccc(N)cc1F. The summed E-state index contributed by atoms with van der Waals surface area (Å²) >= 11 is 1.97. The third-order valence-corrected chi connectivity index (χ3v) is 4.49. The Morgan fingerprint density at radius 2 is 2.29 bits per heavy atom. The van der Waals surface area contributed by atoms with Gasteiger partial charge < -0.3 is 11.1 Å². The van der Waals surface area contributed by atoms with Crippen molar-refractivity contribution in [3.63, 3.8) is 0 Å². The van der Waals surface area contributed by atoms with E-state index in [1.54, 1.807) is 12.1 Å². The molecule has 0 aromatic heterocycles. The highest BCUT2D eigenvalue weighted by atomic mass is 32.2. The Balaban J connectivity index is 2.04. The Labute approximate surface area is 106 Å². The molecule has 2 nitrogen and oxygen atoms in total. The van der Waals surface area contributed by atoms with Gasteiger partial charge in [-0.25, -0.2) is 4.39 Å². The van der Waals surface area contributed by atoms with Crippen LogP contribution in [0, 0.1) is 5.82 Å². The lowest BCUT2D eigenvalue weighted by Crippen LogP contribution is -2.26. The highest BCUT2D eigenvalue weighted by Crippen LogP contribution is 2.32. The Morgan fingerprint density at radius 1 is 1.47 bits per heavy atom. The molecule has 1 aromatic carbocycles. The number of hydrogen-bond donors (Lipinski definition) is 2. The molecule has 1 fully saturated rings. The van der Waals surface area contributed by atoms with E-state index in [9.17, 15) is 4.39 Å². The van der Waals surface area contributed by atoms with Crippen LogP contribution in [0.25, 0.3) is 0 Å². The number of nitrogens with one attached hydrogen (secondary N) is 1. The molecule has 4 heteroatoms. The first kappa shape index (κ1) is 12.6. The highest BCUT2D eigenvalue weighted by molar-refractivity contribution is 7.99. The van der Waals surface area contributed by atoms with Gasteiger partial charge in [0, 0.05) is 17.0 Å². The van der Waals surface area contributed by atoms with Crippen LogP contribution in [-0.2, 0) is 0 Å². The van der Waals surface area contributed by atoms with E-state index in [-0.39, 0.29) is 5.82 Å². The van der Waals surface area contributed by atoms with Gasteiger partial charge in [-0.15, -0.1) is 0 Å². The first-order valence-corrected chi connectivity index (χ1v) is 7.18. The van der Waals surface area contributed by atoms with Gasteiger partial charge in [-0.3, -0.25) is 0 Å². The molecule has 3 N–H and O–H groups in total.